The lowest BCUT2D eigenvalue weighted by Gasteiger charge is -2.12. The minimum atomic E-state index is 0.836. The van der Waals surface area contributed by atoms with Crippen molar-refractivity contribution in [1.29, 1.82) is 0 Å². The van der Waals surface area contributed by atoms with Gasteiger partial charge in [-0.2, -0.15) is 0 Å². The minimum absolute atomic E-state index is 0.836. The third-order valence-electron chi connectivity index (χ3n) is 9.64. The minimum Gasteiger partial charge on any atom is -0.455 e. The average molecular weight is 634 g/mol. The second kappa shape index (κ2) is 12.2. The van der Waals surface area contributed by atoms with Crippen LogP contribution in [0.15, 0.2) is 167 Å². The summed E-state index contributed by atoms with van der Waals surface area (Å²) >= 11 is 0. The van der Waals surface area contributed by atoms with Crippen molar-refractivity contribution in [3.63, 3.8) is 0 Å². The molecule has 0 bridgehead atoms. The zero-order chi connectivity index (χ0) is 32.7. The molecule has 0 aliphatic rings. The average Bonchev–Trinajstić information content (AvgIpc) is 3.25. The van der Waals surface area contributed by atoms with Crippen LogP contribution in [-0.2, 0) is 0 Å². The number of hydrogen-bond acceptors (Lipinski definition) is 2. The molecule has 0 saturated carbocycles. The first-order valence-corrected chi connectivity index (χ1v) is 17.2. The molecule has 236 valence electrons. The summed E-state index contributed by atoms with van der Waals surface area (Å²) in [4.78, 5) is 0. The fourth-order valence-corrected chi connectivity index (χ4v) is 7.19. The predicted octanol–water partition coefficient (Wildman–Crippen LogP) is 13.3. The Kier molecular flexibility index (Phi) is 7.24. The summed E-state index contributed by atoms with van der Waals surface area (Å²) in [6.07, 6.45) is 5.80. The van der Waals surface area contributed by atoms with Crippen LogP contribution in [0, 0.1) is 0 Å². The molecule has 3 aromatic heterocycles. The van der Waals surface area contributed by atoms with Crippen LogP contribution < -0.4 is 0 Å². The van der Waals surface area contributed by atoms with Gasteiger partial charge in [0.25, 0.3) is 0 Å². The van der Waals surface area contributed by atoms with Gasteiger partial charge in [0.05, 0.1) is 21.8 Å². The van der Waals surface area contributed by atoms with Crippen molar-refractivity contribution in [2.24, 2.45) is 0 Å². The number of aromatic nitrogens is 1. The van der Waals surface area contributed by atoms with Gasteiger partial charge in [0.1, 0.15) is 22.3 Å². The number of nitrogens with zero attached hydrogens (tertiary/aromatic N) is 1. The standard InChI is InChI=1S/C46H35NO2/c1-2-3-5-16-38(31-12-6-4-7-13-31)32-23-27-37(28-24-32)47-39-29-25-35-21-19-33-14-8-10-17-41(33)48-45(35)43(39)44-40(47)30-26-36-22-20-34-15-9-11-18-42(34)49-46(36)44/h4,6-30H,2-3,5H2,1H3/b38-16+. The largest absolute Gasteiger partial charge is 0.455 e. The first-order chi connectivity index (χ1) is 24.3. The summed E-state index contributed by atoms with van der Waals surface area (Å²) in [5.41, 5.74) is 10.3. The van der Waals surface area contributed by atoms with Gasteiger partial charge in [0.15, 0.2) is 0 Å². The smallest absolute Gasteiger partial charge is 0.144 e. The van der Waals surface area contributed by atoms with E-state index >= 15 is 0 Å². The molecule has 0 saturated heterocycles. The number of rotatable bonds is 6. The van der Waals surface area contributed by atoms with Crippen LogP contribution in [0.5, 0.6) is 0 Å². The molecule has 0 spiro atoms. The highest BCUT2D eigenvalue weighted by Gasteiger charge is 2.20. The number of benzene rings is 6. The van der Waals surface area contributed by atoms with E-state index in [1.54, 1.807) is 0 Å². The highest BCUT2D eigenvalue weighted by molar-refractivity contribution is 6.26. The molecule has 0 amide bonds. The molecule has 9 aromatic rings. The van der Waals surface area contributed by atoms with Gasteiger partial charge in [0.2, 0.25) is 0 Å². The SMILES string of the molecule is CCCC/C=C(\c1ccccc1)c1ccc(-n2c3ccc4ccc5ccccc5oc4c3c3c4oc5ccccc5ccc4ccc32)cc1. The Balaban J connectivity index is 1.35. The van der Waals surface area contributed by atoms with Crippen LogP contribution in [0.3, 0.4) is 0 Å². The Labute approximate surface area is 284 Å². The van der Waals surface area contributed by atoms with E-state index in [2.05, 4.69) is 133 Å². The number of hydrogen-bond donors (Lipinski definition) is 0. The zero-order valence-electron chi connectivity index (χ0n) is 27.4. The lowest BCUT2D eigenvalue weighted by molar-refractivity contribution is 0.664. The van der Waals surface area contributed by atoms with Crippen molar-refractivity contribution >= 4 is 71.3 Å². The number of allylic oxidation sites excluding steroid dienone is 1. The van der Waals surface area contributed by atoms with E-state index in [0.29, 0.717) is 0 Å². The number of para-hydroxylation sites is 2. The normalized spacial score (nSPS) is 12.1. The van der Waals surface area contributed by atoms with Crippen LogP contribution >= 0.6 is 0 Å². The Bertz CT molecular complexity index is 2600. The monoisotopic (exact) mass is 633 g/mol. The van der Waals surface area contributed by atoms with Crippen LogP contribution in [0.4, 0.5) is 0 Å². The molecule has 3 nitrogen and oxygen atoms in total. The number of fused-ring (bicyclic) bond motifs is 9. The lowest BCUT2D eigenvalue weighted by Crippen LogP contribution is -1.95. The quantitative estimate of drug-likeness (QED) is 0.171. The Morgan fingerprint density at radius 3 is 1.57 bits per heavy atom. The van der Waals surface area contributed by atoms with Crippen molar-refractivity contribution < 1.29 is 8.83 Å². The second-order valence-electron chi connectivity index (χ2n) is 12.7. The van der Waals surface area contributed by atoms with E-state index in [1.165, 1.54) is 29.5 Å². The van der Waals surface area contributed by atoms with Gasteiger partial charge < -0.3 is 13.4 Å². The van der Waals surface area contributed by atoms with E-state index in [0.717, 1.165) is 77.8 Å². The molecular formula is C46H35NO2. The van der Waals surface area contributed by atoms with Crippen molar-refractivity contribution in [1.82, 2.24) is 4.57 Å². The topological polar surface area (TPSA) is 31.2 Å². The second-order valence-corrected chi connectivity index (χ2v) is 12.7. The Morgan fingerprint density at radius 1 is 0.510 bits per heavy atom. The summed E-state index contributed by atoms with van der Waals surface area (Å²) in [6.45, 7) is 2.24. The van der Waals surface area contributed by atoms with Gasteiger partial charge in [0, 0.05) is 27.2 Å². The van der Waals surface area contributed by atoms with Crippen LogP contribution in [0.2, 0.25) is 0 Å². The maximum atomic E-state index is 6.85. The Morgan fingerprint density at radius 2 is 1.00 bits per heavy atom. The predicted molar refractivity (Wildman–Crippen MR) is 206 cm³/mol. The summed E-state index contributed by atoms with van der Waals surface area (Å²) in [5, 5.41) is 6.24. The molecule has 0 aliphatic carbocycles. The molecule has 0 aliphatic heterocycles. The van der Waals surface area contributed by atoms with Crippen LogP contribution in [0.25, 0.3) is 76.9 Å². The van der Waals surface area contributed by atoms with Crippen LogP contribution in [-0.4, -0.2) is 4.57 Å². The van der Waals surface area contributed by atoms with Crippen molar-refractivity contribution in [2.45, 2.75) is 26.2 Å². The van der Waals surface area contributed by atoms with E-state index in [-0.39, 0.29) is 0 Å². The Hall–Kier alpha value is -6.06. The molecule has 0 atom stereocenters. The summed E-state index contributed by atoms with van der Waals surface area (Å²) in [5.74, 6) is 0. The summed E-state index contributed by atoms with van der Waals surface area (Å²) in [7, 11) is 0. The number of unbranched alkanes of at least 4 members (excludes halogenated alkanes) is 2. The highest BCUT2D eigenvalue weighted by Crippen LogP contribution is 2.41. The fourth-order valence-electron chi connectivity index (χ4n) is 7.19. The van der Waals surface area contributed by atoms with E-state index in [9.17, 15) is 0 Å². The fraction of sp³-hybridized carbons (Fsp3) is 0.0870. The first-order valence-electron chi connectivity index (χ1n) is 17.2. The van der Waals surface area contributed by atoms with Crippen molar-refractivity contribution in [3.05, 3.63) is 169 Å². The lowest BCUT2D eigenvalue weighted by atomic mass is 9.96. The van der Waals surface area contributed by atoms with Gasteiger partial charge in [-0.05, 0) is 71.7 Å². The molecule has 0 radical (unpaired) electrons. The molecule has 0 fully saturated rings. The zero-order valence-corrected chi connectivity index (χ0v) is 27.4. The third-order valence-corrected chi connectivity index (χ3v) is 9.64. The van der Waals surface area contributed by atoms with Crippen molar-refractivity contribution in [2.75, 3.05) is 0 Å². The third kappa shape index (κ3) is 5.06. The molecule has 3 heterocycles. The van der Waals surface area contributed by atoms with Gasteiger partial charge in [-0.15, -0.1) is 0 Å². The van der Waals surface area contributed by atoms with Gasteiger partial charge >= 0.3 is 0 Å². The molecule has 3 heteroatoms. The van der Waals surface area contributed by atoms with E-state index in [1.807, 2.05) is 36.4 Å². The maximum Gasteiger partial charge on any atom is 0.144 e. The van der Waals surface area contributed by atoms with E-state index < -0.39 is 0 Å². The highest BCUT2D eigenvalue weighted by atomic mass is 16.3. The van der Waals surface area contributed by atoms with E-state index in [4.69, 9.17) is 8.83 Å². The summed E-state index contributed by atoms with van der Waals surface area (Å²) in [6, 6.07) is 53.5. The molecular weight excluding hydrogens is 599 g/mol. The van der Waals surface area contributed by atoms with Crippen molar-refractivity contribution in [3.8, 4) is 5.69 Å². The van der Waals surface area contributed by atoms with Gasteiger partial charge in [-0.1, -0.05) is 129 Å². The molecule has 49 heavy (non-hydrogen) atoms. The van der Waals surface area contributed by atoms with Gasteiger partial charge in [-0.25, -0.2) is 0 Å². The molecule has 0 unspecified atom stereocenters. The molecule has 6 aromatic carbocycles. The first kappa shape index (κ1) is 29.1. The van der Waals surface area contributed by atoms with Crippen LogP contribution in [0.1, 0.15) is 37.3 Å². The molecule has 9 rings (SSSR count). The summed E-state index contributed by atoms with van der Waals surface area (Å²) < 4.78 is 16.1. The maximum absolute atomic E-state index is 6.85. The molecule has 0 N–H and O–H groups in total. The van der Waals surface area contributed by atoms with Gasteiger partial charge in [-0.3, -0.25) is 0 Å².